The van der Waals surface area contributed by atoms with Gasteiger partial charge in [-0.15, -0.1) is 0 Å². The topological polar surface area (TPSA) is 38.5 Å². The molecule has 0 aliphatic carbocycles. The molecule has 0 spiro atoms. The lowest BCUT2D eigenvalue weighted by Crippen LogP contribution is -2.42. The van der Waals surface area contributed by atoms with Gasteiger partial charge in [-0.05, 0) is 30.0 Å². The van der Waals surface area contributed by atoms with Gasteiger partial charge >= 0.3 is 0 Å². The van der Waals surface area contributed by atoms with E-state index in [4.69, 9.17) is 10.5 Å². The Morgan fingerprint density at radius 3 is 2.41 bits per heavy atom. The zero-order chi connectivity index (χ0) is 14.9. The van der Waals surface area contributed by atoms with E-state index in [-0.39, 0.29) is 6.04 Å². The second-order valence-electron chi connectivity index (χ2n) is 6.30. The van der Waals surface area contributed by atoms with Crippen molar-refractivity contribution < 1.29 is 4.74 Å². The molecule has 2 N–H and O–H groups in total. The highest BCUT2D eigenvalue weighted by Crippen LogP contribution is 2.40. The van der Waals surface area contributed by atoms with Crippen molar-refractivity contribution in [1.82, 2.24) is 4.90 Å². The molecule has 1 unspecified atom stereocenters. The molecule has 2 heterocycles. The van der Waals surface area contributed by atoms with Crippen molar-refractivity contribution in [2.45, 2.75) is 31.5 Å². The molecule has 0 bridgehead atoms. The first-order valence-electron chi connectivity index (χ1n) is 8.12. The predicted octanol–water partition coefficient (Wildman–Crippen LogP) is 3.09. The minimum atomic E-state index is 0.280. The molecule has 3 nitrogen and oxygen atoms in total. The van der Waals surface area contributed by atoms with Crippen molar-refractivity contribution in [2.75, 3.05) is 13.1 Å². The fourth-order valence-electron chi connectivity index (χ4n) is 3.66. The number of hydrogen-bond acceptors (Lipinski definition) is 3. The van der Waals surface area contributed by atoms with E-state index in [2.05, 4.69) is 53.4 Å². The number of nitrogens with zero attached hydrogens (tertiary/aromatic N) is 1. The minimum absolute atomic E-state index is 0.280. The third-order valence-corrected chi connectivity index (χ3v) is 4.89. The predicted molar refractivity (Wildman–Crippen MR) is 87.8 cm³/mol. The highest BCUT2D eigenvalue weighted by Gasteiger charge is 2.31. The smallest absolute Gasteiger partial charge is 0.124 e. The summed E-state index contributed by atoms with van der Waals surface area (Å²) in [4.78, 5) is 2.57. The zero-order valence-corrected chi connectivity index (χ0v) is 12.7. The van der Waals surface area contributed by atoms with Crippen LogP contribution in [0, 0.1) is 0 Å². The molecule has 4 rings (SSSR count). The van der Waals surface area contributed by atoms with Gasteiger partial charge in [0.1, 0.15) is 12.4 Å². The lowest BCUT2D eigenvalue weighted by atomic mass is 9.91. The second-order valence-corrected chi connectivity index (χ2v) is 6.30. The van der Waals surface area contributed by atoms with Crippen LogP contribution in [0.1, 0.15) is 35.6 Å². The van der Waals surface area contributed by atoms with Crippen LogP contribution < -0.4 is 10.5 Å². The average molecular weight is 294 g/mol. The molecule has 114 valence electrons. The molecule has 0 amide bonds. The van der Waals surface area contributed by atoms with Crippen molar-refractivity contribution in [3.05, 3.63) is 65.2 Å². The highest BCUT2D eigenvalue weighted by atomic mass is 16.5. The Balaban J connectivity index is 1.80. The molecule has 0 aromatic heterocycles. The summed E-state index contributed by atoms with van der Waals surface area (Å²) >= 11 is 0. The van der Waals surface area contributed by atoms with Crippen molar-refractivity contribution in [3.63, 3.8) is 0 Å². The van der Waals surface area contributed by atoms with Crippen LogP contribution in [0.3, 0.4) is 0 Å². The molecule has 1 atom stereocenters. The van der Waals surface area contributed by atoms with E-state index >= 15 is 0 Å². The lowest BCUT2D eigenvalue weighted by molar-refractivity contribution is 0.174. The van der Waals surface area contributed by atoms with E-state index in [1.165, 1.54) is 16.7 Å². The first kappa shape index (κ1) is 13.8. The molecule has 0 radical (unpaired) electrons. The molecule has 0 saturated carbocycles. The Morgan fingerprint density at radius 2 is 1.59 bits per heavy atom. The number of nitrogens with two attached hydrogens (primary N) is 1. The summed E-state index contributed by atoms with van der Waals surface area (Å²) in [6, 6.07) is 17.8. The minimum Gasteiger partial charge on any atom is -0.489 e. The molecular formula is C19H22N2O. The van der Waals surface area contributed by atoms with Gasteiger partial charge < -0.3 is 10.5 Å². The van der Waals surface area contributed by atoms with Crippen molar-refractivity contribution in [1.29, 1.82) is 0 Å². The number of para-hydroxylation sites is 1. The van der Waals surface area contributed by atoms with Crippen LogP contribution >= 0.6 is 0 Å². The van der Waals surface area contributed by atoms with Gasteiger partial charge in [0.25, 0.3) is 0 Å². The maximum Gasteiger partial charge on any atom is 0.124 e. The molecule has 2 aromatic rings. The quantitative estimate of drug-likeness (QED) is 0.878. The van der Waals surface area contributed by atoms with Gasteiger partial charge in [-0.3, -0.25) is 4.90 Å². The van der Waals surface area contributed by atoms with E-state index in [0.29, 0.717) is 12.6 Å². The Hall–Kier alpha value is -1.84. The fraction of sp³-hybridized carbons (Fsp3) is 0.368. The Bertz CT molecular complexity index is 614. The molecule has 1 saturated heterocycles. The van der Waals surface area contributed by atoms with Crippen LogP contribution in [0.25, 0.3) is 0 Å². The number of rotatable bonds is 1. The van der Waals surface area contributed by atoms with Gasteiger partial charge in [0.05, 0.1) is 6.04 Å². The van der Waals surface area contributed by atoms with Crippen molar-refractivity contribution >= 4 is 0 Å². The third-order valence-electron chi connectivity index (χ3n) is 4.89. The summed E-state index contributed by atoms with van der Waals surface area (Å²) in [5.41, 5.74) is 10.0. The summed E-state index contributed by atoms with van der Waals surface area (Å²) in [5.74, 6) is 1.01. The van der Waals surface area contributed by atoms with Gasteiger partial charge in [-0.1, -0.05) is 42.5 Å². The molecule has 22 heavy (non-hydrogen) atoms. The number of hydrogen-bond donors (Lipinski definition) is 1. The Labute approximate surface area is 131 Å². The fourth-order valence-corrected chi connectivity index (χ4v) is 3.66. The highest BCUT2D eigenvalue weighted by molar-refractivity contribution is 5.46. The summed E-state index contributed by atoms with van der Waals surface area (Å²) in [7, 11) is 0. The van der Waals surface area contributed by atoms with Crippen LogP contribution in [0.4, 0.5) is 0 Å². The molecule has 2 aliphatic rings. The van der Waals surface area contributed by atoms with Crippen LogP contribution in [0.15, 0.2) is 48.5 Å². The first-order chi connectivity index (χ1) is 10.8. The number of ether oxygens (including phenoxy) is 1. The average Bonchev–Trinajstić information content (AvgIpc) is 2.73. The van der Waals surface area contributed by atoms with E-state index < -0.39 is 0 Å². The molecule has 2 aromatic carbocycles. The van der Waals surface area contributed by atoms with Gasteiger partial charge in [-0.25, -0.2) is 0 Å². The van der Waals surface area contributed by atoms with Gasteiger partial charge in [-0.2, -0.15) is 0 Å². The molecule has 2 aliphatic heterocycles. The third kappa shape index (κ3) is 2.40. The Kier molecular flexibility index (Phi) is 3.60. The first-order valence-corrected chi connectivity index (χ1v) is 8.12. The summed E-state index contributed by atoms with van der Waals surface area (Å²) in [6.45, 7) is 2.75. The van der Waals surface area contributed by atoms with Crippen molar-refractivity contribution in [3.8, 4) is 5.75 Å². The molecule has 1 fully saturated rings. The van der Waals surface area contributed by atoms with Crippen molar-refractivity contribution in [2.24, 2.45) is 5.73 Å². The van der Waals surface area contributed by atoms with E-state index in [1.807, 2.05) is 0 Å². The normalized spacial score (nSPS) is 22.3. The van der Waals surface area contributed by atoms with Crippen LogP contribution in [-0.4, -0.2) is 24.0 Å². The van der Waals surface area contributed by atoms with E-state index in [1.54, 1.807) is 0 Å². The molecule has 3 heteroatoms. The number of fused-ring (bicyclic) bond motifs is 2. The second kappa shape index (κ2) is 5.75. The Morgan fingerprint density at radius 1 is 0.909 bits per heavy atom. The summed E-state index contributed by atoms with van der Waals surface area (Å²) < 4.78 is 6.07. The van der Waals surface area contributed by atoms with Crippen LogP contribution in [0.2, 0.25) is 0 Å². The lowest BCUT2D eigenvalue weighted by Gasteiger charge is -2.37. The summed E-state index contributed by atoms with van der Waals surface area (Å²) in [5, 5.41) is 0. The molecular weight excluding hydrogens is 272 g/mol. The number of piperidine rings is 1. The largest absolute Gasteiger partial charge is 0.489 e. The standard InChI is InChI=1S/C19H22N2O/c20-15-9-11-21(12-10-15)19-16-6-2-1-5-14(16)13-22-18-8-4-3-7-17(18)19/h1-8,15,19H,9-13,20H2. The van der Waals surface area contributed by atoms with E-state index in [0.717, 1.165) is 31.7 Å². The zero-order valence-electron chi connectivity index (χ0n) is 12.7. The number of benzene rings is 2. The van der Waals surface area contributed by atoms with Gasteiger partial charge in [0, 0.05) is 24.7 Å². The van der Waals surface area contributed by atoms with Gasteiger partial charge in [0.15, 0.2) is 0 Å². The van der Waals surface area contributed by atoms with E-state index in [9.17, 15) is 0 Å². The monoisotopic (exact) mass is 294 g/mol. The maximum atomic E-state index is 6.10. The summed E-state index contributed by atoms with van der Waals surface area (Å²) in [6.07, 6.45) is 2.14. The SMILES string of the molecule is NC1CCN(C2c3ccccc3COc3ccccc32)CC1. The maximum absolute atomic E-state index is 6.10. The van der Waals surface area contributed by atoms with Crippen LogP contribution in [0.5, 0.6) is 5.75 Å². The number of likely N-dealkylation sites (tertiary alicyclic amines) is 1. The van der Waals surface area contributed by atoms with Gasteiger partial charge in [0.2, 0.25) is 0 Å². The van der Waals surface area contributed by atoms with Crippen LogP contribution in [-0.2, 0) is 6.61 Å².